The second kappa shape index (κ2) is 6.22. The molecule has 1 N–H and O–H groups in total. The van der Waals surface area contributed by atoms with Crippen molar-refractivity contribution in [1.82, 2.24) is 4.90 Å². The Balaban J connectivity index is 2.14. The molecule has 0 spiro atoms. The van der Waals surface area contributed by atoms with E-state index in [1.807, 2.05) is 36.4 Å². The van der Waals surface area contributed by atoms with Crippen LogP contribution in [0.5, 0.6) is 0 Å². The van der Waals surface area contributed by atoms with Crippen LogP contribution in [0.1, 0.15) is 18.4 Å². The van der Waals surface area contributed by atoms with Crippen LogP contribution in [0.2, 0.25) is 0 Å². The van der Waals surface area contributed by atoms with Crippen molar-refractivity contribution >= 4 is 17.6 Å². The maximum atomic E-state index is 11.7. The predicted octanol–water partition coefficient (Wildman–Crippen LogP) is 2.86. The molecule has 1 aromatic rings. The van der Waals surface area contributed by atoms with E-state index in [2.05, 4.69) is 4.90 Å². The Kier molecular flexibility index (Phi) is 4.61. The van der Waals surface area contributed by atoms with Gasteiger partial charge in [0.25, 0.3) is 0 Å². The summed E-state index contributed by atoms with van der Waals surface area (Å²) in [6.45, 7) is 2.35. The van der Waals surface area contributed by atoms with Crippen LogP contribution in [0.25, 0.3) is 0 Å². The zero-order chi connectivity index (χ0) is 13.7. The highest BCUT2D eigenvalue weighted by molar-refractivity contribution is 6.25. The molecule has 4 heteroatoms. The molecule has 0 unspecified atom stereocenters. The normalized spacial score (nSPS) is 19.6. The van der Waals surface area contributed by atoms with Crippen molar-refractivity contribution in [3.8, 4) is 0 Å². The summed E-state index contributed by atoms with van der Waals surface area (Å²) in [5.41, 5.74) is 1.69. The van der Waals surface area contributed by atoms with Crippen molar-refractivity contribution in [2.45, 2.75) is 18.3 Å². The van der Waals surface area contributed by atoms with Gasteiger partial charge in [0.1, 0.15) is 0 Å². The monoisotopic (exact) mass is 279 g/mol. The Hall–Kier alpha value is -1.32. The number of carbonyl (C=O) groups is 1. The average Bonchev–Trinajstić information content (AvgIpc) is 2.46. The summed E-state index contributed by atoms with van der Waals surface area (Å²) in [5.74, 6) is -0.716. The maximum absolute atomic E-state index is 11.7. The second-order valence-corrected chi connectivity index (χ2v) is 5.17. The van der Waals surface area contributed by atoms with E-state index in [1.54, 1.807) is 0 Å². The summed E-state index contributed by atoms with van der Waals surface area (Å²) in [6.07, 6.45) is 3.17. The first-order valence-corrected chi connectivity index (χ1v) is 6.89. The van der Waals surface area contributed by atoms with Gasteiger partial charge in [-0.3, -0.25) is 9.69 Å². The van der Waals surface area contributed by atoms with E-state index in [1.165, 1.54) is 5.54 Å². The Bertz CT molecular complexity index is 450. The van der Waals surface area contributed by atoms with Crippen molar-refractivity contribution in [3.63, 3.8) is 0 Å². The molecule has 2 rings (SSSR count). The van der Waals surface area contributed by atoms with Crippen LogP contribution in [0.4, 0.5) is 0 Å². The van der Waals surface area contributed by atoms with E-state index in [0.717, 1.165) is 25.2 Å². The average molecular weight is 280 g/mol. The van der Waals surface area contributed by atoms with Gasteiger partial charge in [-0.2, -0.15) is 0 Å². The lowest BCUT2D eigenvalue weighted by atomic mass is 9.73. The highest BCUT2D eigenvalue weighted by Crippen LogP contribution is 2.35. The van der Waals surface area contributed by atoms with Crippen LogP contribution in [-0.4, -0.2) is 35.6 Å². The van der Waals surface area contributed by atoms with E-state index >= 15 is 0 Å². The molecule has 1 aromatic carbocycles. The SMILES string of the molecule is O=C(O)C1(c2ccccc2)CCN(CC=CCl)CC1. The van der Waals surface area contributed by atoms with Gasteiger partial charge in [0.2, 0.25) is 0 Å². The first-order chi connectivity index (χ1) is 9.19. The molecule has 102 valence electrons. The summed E-state index contributed by atoms with van der Waals surface area (Å²) in [4.78, 5) is 14.0. The number of aliphatic carboxylic acids is 1. The molecule has 19 heavy (non-hydrogen) atoms. The van der Waals surface area contributed by atoms with Crippen LogP contribution in [0.15, 0.2) is 41.9 Å². The first kappa shape index (κ1) is 14.1. The van der Waals surface area contributed by atoms with Gasteiger partial charge in [-0.1, -0.05) is 48.0 Å². The van der Waals surface area contributed by atoms with Gasteiger partial charge in [0.15, 0.2) is 0 Å². The standard InChI is InChI=1S/C15H18ClNO2/c16-9-4-10-17-11-7-15(8-12-17,14(18)19)13-5-2-1-3-6-13/h1-6,9H,7-8,10-12H2,(H,18,19). The molecule has 0 aromatic heterocycles. The Morgan fingerprint density at radius 3 is 2.47 bits per heavy atom. The largest absolute Gasteiger partial charge is 0.481 e. The number of carboxylic acid groups (broad SMARTS) is 1. The van der Waals surface area contributed by atoms with Crippen LogP contribution in [0, 0.1) is 0 Å². The molecule has 0 saturated carbocycles. The quantitative estimate of drug-likeness (QED) is 0.921. The molecule has 0 atom stereocenters. The van der Waals surface area contributed by atoms with Gasteiger partial charge >= 0.3 is 5.97 Å². The van der Waals surface area contributed by atoms with E-state index in [4.69, 9.17) is 11.6 Å². The summed E-state index contributed by atoms with van der Waals surface area (Å²) in [7, 11) is 0. The molecule has 1 saturated heterocycles. The molecule has 1 aliphatic heterocycles. The minimum Gasteiger partial charge on any atom is -0.481 e. The predicted molar refractivity (Wildman–Crippen MR) is 76.4 cm³/mol. The number of halogens is 1. The summed E-state index contributed by atoms with van der Waals surface area (Å²) in [6, 6.07) is 9.57. The number of hydrogen-bond donors (Lipinski definition) is 1. The molecule has 1 fully saturated rings. The number of benzene rings is 1. The molecule has 0 aliphatic carbocycles. The van der Waals surface area contributed by atoms with E-state index in [-0.39, 0.29) is 0 Å². The van der Waals surface area contributed by atoms with E-state index < -0.39 is 11.4 Å². The lowest BCUT2D eigenvalue weighted by Gasteiger charge is -2.38. The second-order valence-electron chi connectivity index (χ2n) is 4.92. The van der Waals surface area contributed by atoms with E-state index in [9.17, 15) is 9.90 Å². The Morgan fingerprint density at radius 2 is 1.95 bits per heavy atom. The van der Waals surface area contributed by atoms with Crippen LogP contribution >= 0.6 is 11.6 Å². The van der Waals surface area contributed by atoms with Gasteiger partial charge in [-0.25, -0.2) is 0 Å². The smallest absolute Gasteiger partial charge is 0.314 e. The number of hydrogen-bond acceptors (Lipinski definition) is 2. The van der Waals surface area contributed by atoms with Crippen molar-refractivity contribution in [1.29, 1.82) is 0 Å². The van der Waals surface area contributed by atoms with Gasteiger partial charge in [-0.15, -0.1) is 0 Å². The fourth-order valence-electron chi connectivity index (χ4n) is 2.69. The van der Waals surface area contributed by atoms with Crippen LogP contribution in [-0.2, 0) is 10.2 Å². The Morgan fingerprint density at radius 1 is 1.32 bits per heavy atom. The number of carboxylic acids is 1. The van der Waals surface area contributed by atoms with Crippen molar-refractivity contribution in [2.75, 3.05) is 19.6 Å². The number of likely N-dealkylation sites (tertiary alicyclic amines) is 1. The molecule has 0 radical (unpaired) electrons. The third kappa shape index (κ3) is 2.99. The Labute approximate surface area is 118 Å². The molecule has 0 bridgehead atoms. The fraction of sp³-hybridized carbons (Fsp3) is 0.400. The summed E-state index contributed by atoms with van der Waals surface area (Å²) >= 11 is 5.52. The third-order valence-electron chi connectivity index (χ3n) is 3.90. The van der Waals surface area contributed by atoms with Gasteiger partial charge in [-0.05, 0) is 31.5 Å². The van der Waals surface area contributed by atoms with Crippen LogP contribution in [0.3, 0.4) is 0 Å². The maximum Gasteiger partial charge on any atom is 0.314 e. The molecular formula is C15H18ClNO2. The van der Waals surface area contributed by atoms with Crippen LogP contribution < -0.4 is 0 Å². The summed E-state index contributed by atoms with van der Waals surface area (Å²) in [5, 5.41) is 9.65. The lowest BCUT2D eigenvalue weighted by molar-refractivity contribution is -0.145. The topological polar surface area (TPSA) is 40.5 Å². The molecule has 1 heterocycles. The molecule has 3 nitrogen and oxygen atoms in total. The third-order valence-corrected chi connectivity index (χ3v) is 4.08. The van der Waals surface area contributed by atoms with Crippen molar-refractivity contribution < 1.29 is 9.90 Å². The number of rotatable bonds is 4. The van der Waals surface area contributed by atoms with Crippen molar-refractivity contribution in [2.24, 2.45) is 0 Å². The number of piperidine rings is 1. The summed E-state index contributed by atoms with van der Waals surface area (Å²) < 4.78 is 0. The minimum atomic E-state index is -0.734. The zero-order valence-corrected chi connectivity index (χ0v) is 11.5. The highest BCUT2D eigenvalue weighted by atomic mass is 35.5. The van der Waals surface area contributed by atoms with Gasteiger partial charge < -0.3 is 5.11 Å². The van der Waals surface area contributed by atoms with E-state index in [0.29, 0.717) is 12.8 Å². The highest BCUT2D eigenvalue weighted by Gasteiger charge is 2.42. The lowest BCUT2D eigenvalue weighted by Crippen LogP contribution is -2.47. The first-order valence-electron chi connectivity index (χ1n) is 6.45. The molecule has 1 aliphatic rings. The zero-order valence-electron chi connectivity index (χ0n) is 10.8. The number of nitrogens with zero attached hydrogens (tertiary/aromatic N) is 1. The van der Waals surface area contributed by atoms with Gasteiger partial charge in [0, 0.05) is 12.1 Å². The minimum absolute atomic E-state index is 0.641. The molecular weight excluding hydrogens is 262 g/mol. The fourth-order valence-corrected chi connectivity index (χ4v) is 2.77. The van der Waals surface area contributed by atoms with Gasteiger partial charge in [0.05, 0.1) is 5.41 Å². The van der Waals surface area contributed by atoms with Crippen molar-refractivity contribution in [3.05, 3.63) is 47.5 Å². The molecule has 0 amide bonds.